The third-order valence-electron chi connectivity index (χ3n) is 1.58. The predicted octanol–water partition coefficient (Wildman–Crippen LogP) is 2.73. The van der Waals surface area contributed by atoms with Crippen LogP contribution in [0.15, 0.2) is 24.4 Å². The molecule has 0 radical (unpaired) electrons. The van der Waals surface area contributed by atoms with Crippen molar-refractivity contribution >= 4 is 22.9 Å². The summed E-state index contributed by atoms with van der Waals surface area (Å²) >= 11 is 7.22. The van der Waals surface area contributed by atoms with Gasteiger partial charge < -0.3 is 0 Å². The van der Waals surface area contributed by atoms with Crippen LogP contribution in [0.3, 0.4) is 0 Å². The lowest BCUT2D eigenvalue weighted by atomic mass is 10.3. The Morgan fingerprint density at radius 3 is 2.86 bits per heavy atom. The standard InChI is InChI=1S/C9H4ClN3S/c10-8-2-1-7(14-8)6-3-4-12-9(5-11)13-6/h1-4H. The van der Waals surface area contributed by atoms with Gasteiger partial charge in [-0.2, -0.15) is 5.26 Å². The fraction of sp³-hybridized carbons (Fsp3) is 0. The molecule has 0 aliphatic heterocycles. The fourth-order valence-electron chi connectivity index (χ4n) is 1.00. The van der Waals surface area contributed by atoms with Crippen molar-refractivity contribution in [3.8, 4) is 16.6 Å². The Morgan fingerprint density at radius 2 is 2.21 bits per heavy atom. The van der Waals surface area contributed by atoms with Crippen molar-refractivity contribution in [3.63, 3.8) is 0 Å². The van der Waals surface area contributed by atoms with E-state index in [0.29, 0.717) is 4.34 Å². The third kappa shape index (κ3) is 1.74. The summed E-state index contributed by atoms with van der Waals surface area (Å²) in [6.07, 6.45) is 1.56. The molecule has 0 saturated heterocycles. The first-order valence-corrected chi connectivity index (χ1v) is 4.98. The third-order valence-corrected chi connectivity index (χ3v) is 2.83. The van der Waals surface area contributed by atoms with Crippen LogP contribution in [-0.4, -0.2) is 9.97 Å². The van der Waals surface area contributed by atoms with E-state index in [-0.39, 0.29) is 5.82 Å². The topological polar surface area (TPSA) is 49.6 Å². The maximum Gasteiger partial charge on any atom is 0.232 e. The van der Waals surface area contributed by atoms with Gasteiger partial charge in [0.2, 0.25) is 5.82 Å². The Hall–Kier alpha value is -1.44. The second kappa shape index (κ2) is 3.74. The van der Waals surface area contributed by atoms with Crippen molar-refractivity contribution in [3.05, 3.63) is 34.6 Å². The highest BCUT2D eigenvalue weighted by molar-refractivity contribution is 7.19. The quantitative estimate of drug-likeness (QED) is 0.744. The zero-order valence-electron chi connectivity index (χ0n) is 6.94. The molecule has 0 aromatic carbocycles. The van der Waals surface area contributed by atoms with Crippen LogP contribution in [0, 0.1) is 11.3 Å². The fourth-order valence-corrected chi connectivity index (χ4v) is 2.01. The van der Waals surface area contributed by atoms with Crippen molar-refractivity contribution in [2.45, 2.75) is 0 Å². The van der Waals surface area contributed by atoms with Crippen molar-refractivity contribution in [2.75, 3.05) is 0 Å². The summed E-state index contributed by atoms with van der Waals surface area (Å²) < 4.78 is 0.706. The minimum absolute atomic E-state index is 0.173. The van der Waals surface area contributed by atoms with Gasteiger partial charge in [0.1, 0.15) is 6.07 Å². The van der Waals surface area contributed by atoms with Crippen molar-refractivity contribution in [1.29, 1.82) is 5.26 Å². The average molecular weight is 222 g/mol. The van der Waals surface area contributed by atoms with Crippen molar-refractivity contribution in [1.82, 2.24) is 9.97 Å². The van der Waals surface area contributed by atoms with Crippen LogP contribution >= 0.6 is 22.9 Å². The molecule has 14 heavy (non-hydrogen) atoms. The van der Waals surface area contributed by atoms with E-state index >= 15 is 0 Å². The second-order valence-electron chi connectivity index (χ2n) is 2.48. The molecule has 0 fully saturated rings. The number of hydrogen-bond donors (Lipinski definition) is 0. The van der Waals surface area contributed by atoms with Gasteiger partial charge >= 0.3 is 0 Å². The molecule has 0 bridgehead atoms. The number of nitrogens with zero attached hydrogens (tertiary/aromatic N) is 3. The van der Waals surface area contributed by atoms with Crippen LogP contribution in [0.5, 0.6) is 0 Å². The maximum atomic E-state index is 8.62. The first-order valence-electron chi connectivity index (χ1n) is 3.78. The maximum absolute atomic E-state index is 8.62. The minimum atomic E-state index is 0.173. The van der Waals surface area contributed by atoms with Crippen molar-refractivity contribution in [2.24, 2.45) is 0 Å². The monoisotopic (exact) mass is 221 g/mol. The smallest absolute Gasteiger partial charge is 0.227 e. The largest absolute Gasteiger partial charge is 0.232 e. The lowest BCUT2D eigenvalue weighted by Gasteiger charge is -1.94. The Balaban J connectivity index is 2.47. The highest BCUT2D eigenvalue weighted by Gasteiger charge is 2.04. The lowest BCUT2D eigenvalue weighted by Crippen LogP contribution is -1.88. The molecule has 0 atom stereocenters. The molecule has 2 rings (SSSR count). The summed E-state index contributed by atoms with van der Waals surface area (Å²) in [5.74, 6) is 0.173. The molecule has 0 saturated carbocycles. The number of rotatable bonds is 1. The summed E-state index contributed by atoms with van der Waals surface area (Å²) in [5, 5.41) is 8.62. The van der Waals surface area contributed by atoms with E-state index in [4.69, 9.17) is 16.9 Å². The predicted molar refractivity (Wildman–Crippen MR) is 55.1 cm³/mol. The van der Waals surface area contributed by atoms with E-state index in [9.17, 15) is 0 Å². The Bertz CT molecular complexity index is 501. The number of aromatic nitrogens is 2. The average Bonchev–Trinajstić information content (AvgIpc) is 2.65. The van der Waals surface area contributed by atoms with Gasteiger partial charge in [0, 0.05) is 6.20 Å². The van der Waals surface area contributed by atoms with Crippen LogP contribution < -0.4 is 0 Å². The highest BCUT2D eigenvalue weighted by atomic mass is 35.5. The van der Waals surface area contributed by atoms with E-state index in [2.05, 4.69) is 9.97 Å². The van der Waals surface area contributed by atoms with Crippen LogP contribution in [0.1, 0.15) is 5.82 Å². The molecule has 5 heteroatoms. The van der Waals surface area contributed by atoms with Gasteiger partial charge in [0.15, 0.2) is 0 Å². The molecule has 0 spiro atoms. The van der Waals surface area contributed by atoms with Crippen LogP contribution in [-0.2, 0) is 0 Å². The molecule has 0 amide bonds. The van der Waals surface area contributed by atoms with Gasteiger partial charge in [-0.15, -0.1) is 11.3 Å². The second-order valence-corrected chi connectivity index (χ2v) is 4.20. The molecular weight excluding hydrogens is 218 g/mol. The van der Waals surface area contributed by atoms with Crippen LogP contribution in [0.2, 0.25) is 4.34 Å². The number of thiophene rings is 1. The zero-order valence-corrected chi connectivity index (χ0v) is 8.51. The molecular formula is C9H4ClN3S. The summed E-state index contributed by atoms with van der Waals surface area (Å²) in [6, 6.07) is 7.32. The van der Waals surface area contributed by atoms with Gasteiger partial charge in [-0.25, -0.2) is 9.97 Å². The van der Waals surface area contributed by atoms with E-state index in [1.54, 1.807) is 18.3 Å². The van der Waals surface area contributed by atoms with Gasteiger partial charge in [0.05, 0.1) is 14.9 Å². The molecule has 2 heterocycles. The normalized spacial score (nSPS) is 9.71. The molecule has 0 N–H and O–H groups in total. The first-order chi connectivity index (χ1) is 6.79. The molecule has 3 nitrogen and oxygen atoms in total. The first kappa shape index (κ1) is 9.13. The molecule has 0 aliphatic rings. The lowest BCUT2D eigenvalue weighted by molar-refractivity contribution is 1.12. The van der Waals surface area contributed by atoms with Gasteiger partial charge in [-0.05, 0) is 18.2 Å². The Morgan fingerprint density at radius 1 is 1.36 bits per heavy atom. The highest BCUT2D eigenvalue weighted by Crippen LogP contribution is 2.29. The molecule has 2 aromatic heterocycles. The summed E-state index contributed by atoms with van der Waals surface area (Å²) in [7, 11) is 0. The molecule has 0 aliphatic carbocycles. The Labute approximate surface area is 89.6 Å². The number of halogens is 1. The molecule has 2 aromatic rings. The SMILES string of the molecule is N#Cc1nccc(-c2ccc(Cl)s2)n1. The molecule has 68 valence electrons. The van der Waals surface area contributed by atoms with E-state index in [0.717, 1.165) is 10.6 Å². The number of nitriles is 1. The van der Waals surface area contributed by atoms with Gasteiger partial charge in [-0.1, -0.05) is 11.6 Å². The van der Waals surface area contributed by atoms with Gasteiger partial charge in [-0.3, -0.25) is 0 Å². The van der Waals surface area contributed by atoms with E-state index < -0.39 is 0 Å². The van der Waals surface area contributed by atoms with E-state index in [1.807, 2.05) is 12.1 Å². The van der Waals surface area contributed by atoms with Crippen LogP contribution in [0.25, 0.3) is 10.6 Å². The minimum Gasteiger partial charge on any atom is -0.227 e. The van der Waals surface area contributed by atoms with Crippen molar-refractivity contribution < 1.29 is 0 Å². The molecule has 0 unspecified atom stereocenters. The summed E-state index contributed by atoms with van der Waals surface area (Å²) in [6.45, 7) is 0. The summed E-state index contributed by atoms with van der Waals surface area (Å²) in [5.41, 5.74) is 0.730. The van der Waals surface area contributed by atoms with E-state index in [1.165, 1.54) is 11.3 Å². The van der Waals surface area contributed by atoms with Crippen LogP contribution in [0.4, 0.5) is 0 Å². The zero-order chi connectivity index (χ0) is 9.97. The van der Waals surface area contributed by atoms with Gasteiger partial charge in [0.25, 0.3) is 0 Å². The Kier molecular flexibility index (Phi) is 2.44. The summed E-state index contributed by atoms with van der Waals surface area (Å²) in [4.78, 5) is 8.78. The number of hydrogen-bond acceptors (Lipinski definition) is 4.